The van der Waals surface area contributed by atoms with Crippen molar-refractivity contribution >= 4 is 5.95 Å². The molecular weight excluding hydrogens is 200 g/mol. The molecule has 90 valence electrons. The van der Waals surface area contributed by atoms with Gasteiger partial charge in [0, 0.05) is 5.92 Å². The number of aromatic amines is 1. The Balaban J connectivity index is 1.81. The summed E-state index contributed by atoms with van der Waals surface area (Å²) in [5.74, 6) is 2.87. The zero-order valence-electron chi connectivity index (χ0n) is 10.1. The van der Waals surface area contributed by atoms with Crippen molar-refractivity contribution < 1.29 is 0 Å². The standard InChI is InChI=1S/C12H22N4/c1-2-3-4-9-5-7-10(8-6-9)11-14-12(13)16-15-11/h9-10H,2-8H2,1H3,(H3,13,14,15,16). The van der Waals surface area contributed by atoms with E-state index in [-0.39, 0.29) is 0 Å². The molecule has 0 amide bonds. The maximum absolute atomic E-state index is 5.52. The van der Waals surface area contributed by atoms with Crippen LogP contribution < -0.4 is 5.73 Å². The summed E-state index contributed by atoms with van der Waals surface area (Å²) in [7, 11) is 0. The lowest BCUT2D eigenvalue weighted by atomic mass is 9.79. The normalized spacial score (nSPS) is 25.8. The van der Waals surface area contributed by atoms with E-state index in [1.165, 1.54) is 44.9 Å². The van der Waals surface area contributed by atoms with Crippen molar-refractivity contribution in [2.75, 3.05) is 5.73 Å². The van der Waals surface area contributed by atoms with E-state index < -0.39 is 0 Å². The van der Waals surface area contributed by atoms with Gasteiger partial charge in [-0.25, -0.2) is 0 Å². The van der Waals surface area contributed by atoms with Crippen LogP contribution in [0.25, 0.3) is 0 Å². The Kier molecular flexibility index (Phi) is 3.80. The molecule has 1 heterocycles. The van der Waals surface area contributed by atoms with Crippen LogP contribution in [0.3, 0.4) is 0 Å². The highest BCUT2D eigenvalue weighted by molar-refractivity contribution is 5.14. The second kappa shape index (κ2) is 5.32. The fourth-order valence-electron chi connectivity index (χ4n) is 2.69. The van der Waals surface area contributed by atoms with E-state index in [2.05, 4.69) is 22.1 Å². The first-order valence-electron chi connectivity index (χ1n) is 6.47. The quantitative estimate of drug-likeness (QED) is 0.823. The van der Waals surface area contributed by atoms with Gasteiger partial charge in [-0.3, -0.25) is 5.10 Å². The number of hydrogen-bond donors (Lipinski definition) is 2. The van der Waals surface area contributed by atoms with E-state index >= 15 is 0 Å². The van der Waals surface area contributed by atoms with Crippen LogP contribution in [0, 0.1) is 5.92 Å². The van der Waals surface area contributed by atoms with Crippen molar-refractivity contribution in [3.63, 3.8) is 0 Å². The summed E-state index contributed by atoms with van der Waals surface area (Å²) in [5.41, 5.74) is 5.52. The van der Waals surface area contributed by atoms with Crippen molar-refractivity contribution in [1.82, 2.24) is 15.2 Å². The minimum atomic E-state index is 0.378. The van der Waals surface area contributed by atoms with Crippen LogP contribution in [0.1, 0.15) is 63.6 Å². The second-order valence-electron chi connectivity index (χ2n) is 4.94. The predicted molar refractivity (Wildman–Crippen MR) is 65.0 cm³/mol. The first-order valence-corrected chi connectivity index (χ1v) is 6.47. The Morgan fingerprint density at radius 3 is 2.62 bits per heavy atom. The fraction of sp³-hybridized carbons (Fsp3) is 0.833. The number of nitrogens with two attached hydrogens (primary N) is 1. The first-order chi connectivity index (χ1) is 7.79. The van der Waals surface area contributed by atoms with E-state index in [0.29, 0.717) is 11.9 Å². The van der Waals surface area contributed by atoms with Crippen LogP contribution in [0.4, 0.5) is 5.95 Å². The van der Waals surface area contributed by atoms with Gasteiger partial charge in [0.2, 0.25) is 5.95 Å². The zero-order valence-corrected chi connectivity index (χ0v) is 10.1. The second-order valence-corrected chi connectivity index (χ2v) is 4.94. The molecule has 1 aromatic rings. The van der Waals surface area contributed by atoms with E-state index in [1.807, 2.05) is 0 Å². The molecule has 1 aromatic heterocycles. The molecule has 0 bridgehead atoms. The molecule has 0 spiro atoms. The largest absolute Gasteiger partial charge is 0.367 e. The Morgan fingerprint density at radius 2 is 2.06 bits per heavy atom. The molecule has 0 aliphatic heterocycles. The van der Waals surface area contributed by atoms with Crippen LogP contribution in [-0.4, -0.2) is 15.2 Å². The van der Waals surface area contributed by atoms with E-state index in [9.17, 15) is 0 Å². The lowest BCUT2D eigenvalue weighted by molar-refractivity contribution is 0.299. The van der Waals surface area contributed by atoms with Gasteiger partial charge < -0.3 is 5.73 Å². The lowest BCUT2D eigenvalue weighted by Crippen LogP contribution is -2.14. The smallest absolute Gasteiger partial charge is 0.239 e. The summed E-state index contributed by atoms with van der Waals surface area (Å²) in [4.78, 5) is 4.23. The summed E-state index contributed by atoms with van der Waals surface area (Å²) >= 11 is 0. The molecule has 0 unspecified atom stereocenters. The van der Waals surface area contributed by atoms with Crippen LogP contribution in [0.5, 0.6) is 0 Å². The highest BCUT2D eigenvalue weighted by atomic mass is 15.3. The van der Waals surface area contributed by atoms with Crippen LogP contribution >= 0.6 is 0 Å². The lowest BCUT2D eigenvalue weighted by Gasteiger charge is -2.26. The molecule has 16 heavy (non-hydrogen) atoms. The van der Waals surface area contributed by atoms with Gasteiger partial charge in [0.25, 0.3) is 0 Å². The SMILES string of the molecule is CCCCC1CCC(c2nc(N)n[nH]2)CC1. The molecule has 1 aliphatic carbocycles. The number of hydrogen-bond acceptors (Lipinski definition) is 3. The molecule has 0 aromatic carbocycles. The number of nitrogens with zero attached hydrogens (tertiary/aromatic N) is 2. The van der Waals surface area contributed by atoms with Crippen LogP contribution in [0.2, 0.25) is 0 Å². The Labute approximate surface area is 97.0 Å². The topological polar surface area (TPSA) is 67.6 Å². The molecule has 1 fully saturated rings. The minimum absolute atomic E-state index is 0.378. The number of nitrogen functional groups attached to an aromatic ring is 1. The molecule has 1 aliphatic rings. The van der Waals surface area contributed by atoms with Gasteiger partial charge in [0.15, 0.2) is 0 Å². The molecule has 3 N–H and O–H groups in total. The Morgan fingerprint density at radius 1 is 1.31 bits per heavy atom. The van der Waals surface area contributed by atoms with Crippen LogP contribution in [0.15, 0.2) is 0 Å². The van der Waals surface area contributed by atoms with Crippen molar-refractivity contribution in [2.24, 2.45) is 5.92 Å². The molecule has 0 radical (unpaired) electrons. The average Bonchev–Trinajstić information content (AvgIpc) is 2.74. The molecule has 0 atom stereocenters. The summed E-state index contributed by atoms with van der Waals surface area (Å²) in [5, 5.41) is 6.85. The third-order valence-electron chi connectivity index (χ3n) is 3.72. The predicted octanol–water partition coefficient (Wildman–Crippen LogP) is 2.85. The van der Waals surface area contributed by atoms with Gasteiger partial charge in [-0.2, -0.15) is 4.98 Å². The van der Waals surface area contributed by atoms with Gasteiger partial charge >= 0.3 is 0 Å². The highest BCUT2D eigenvalue weighted by Gasteiger charge is 2.24. The molecule has 0 saturated heterocycles. The number of aromatic nitrogens is 3. The van der Waals surface area contributed by atoms with Gasteiger partial charge in [0.1, 0.15) is 5.82 Å². The number of unbranched alkanes of at least 4 members (excludes halogenated alkanes) is 1. The summed E-state index contributed by atoms with van der Waals surface area (Å²) in [6, 6.07) is 0. The summed E-state index contributed by atoms with van der Waals surface area (Å²) in [6.45, 7) is 2.27. The van der Waals surface area contributed by atoms with Gasteiger partial charge in [-0.15, -0.1) is 5.10 Å². The molecule has 1 saturated carbocycles. The van der Waals surface area contributed by atoms with Crippen LogP contribution in [-0.2, 0) is 0 Å². The van der Waals surface area contributed by atoms with E-state index in [0.717, 1.165) is 11.7 Å². The maximum Gasteiger partial charge on any atom is 0.239 e. The Bertz CT molecular complexity index is 313. The van der Waals surface area contributed by atoms with Crippen molar-refractivity contribution in [3.8, 4) is 0 Å². The zero-order chi connectivity index (χ0) is 11.4. The molecular formula is C12H22N4. The van der Waals surface area contributed by atoms with Gasteiger partial charge in [-0.05, 0) is 31.6 Å². The highest BCUT2D eigenvalue weighted by Crippen LogP contribution is 2.36. The average molecular weight is 222 g/mol. The first kappa shape index (κ1) is 11.4. The molecule has 2 rings (SSSR count). The van der Waals surface area contributed by atoms with E-state index in [1.54, 1.807) is 0 Å². The third-order valence-corrected chi connectivity index (χ3v) is 3.72. The molecule has 4 nitrogen and oxygen atoms in total. The monoisotopic (exact) mass is 222 g/mol. The maximum atomic E-state index is 5.52. The number of rotatable bonds is 4. The van der Waals surface area contributed by atoms with E-state index in [4.69, 9.17) is 5.73 Å². The summed E-state index contributed by atoms with van der Waals surface area (Å²) in [6.07, 6.45) is 9.26. The number of H-pyrrole nitrogens is 1. The summed E-state index contributed by atoms with van der Waals surface area (Å²) < 4.78 is 0. The van der Waals surface area contributed by atoms with Crippen molar-refractivity contribution in [2.45, 2.75) is 57.8 Å². The number of nitrogens with one attached hydrogen (secondary N) is 1. The van der Waals surface area contributed by atoms with Crippen molar-refractivity contribution in [1.29, 1.82) is 0 Å². The fourth-order valence-corrected chi connectivity index (χ4v) is 2.69. The Hall–Kier alpha value is -1.06. The van der Waals surface area contributed by atoms with Gasteiger partial charge in [0.05, 0.1) is 0 Å². The number of anilines is 1. The minimum Gasteiger partial charge on any atom is -0.367 e. The van der Waals surface area contributed by atoms with Gasteiger partial charge in [-0.1, -0.05) is 26.2 Å². The van der Waals surface area contributed by atoms with Crippen molar-refractivity contribution in [3.05, 3.63) is 5.82 Å². The third kappa shape index (κ3) is 2.74. The molecule has 4 heteroatoms.